The fourth-order valence-electron chi connectivity index (χ4n) is 0.739. The topological polar surface area (TPSA) is 33.1 Å². The van der Waals surface area contributed by atoms with Gasteiger partial charge in [-0.3, -0.25) is 4.98 Å². The number of hydrogen-bond donors (Lipinski definition) is 1. The number of pyridine rings is 1. The number of aryl methyl sites for hydroxylation is 1. The minimum Gasteiger partial charge on any atom is -0.505 e. The molecule has 0 fully saturated rings. The predicted molar refractivity (Wildman–Crippen MR) is 38.6 cm³/mol. The van der Waals surface area contributed by atoms with Crippen LogP contribution in [-0.2, 0) is 0 Å². The van der Waals surface area contributed by atoms with Crippen LogP contribution < -0.4 is 0 Å². The van der Waals surface area contributed by atoms with Gasteiger partial charge in [-0.05, 0) is 12.5 Å². The van der Waals surface area contributed by atoms with Crippen LogP contribution in [0.1, 0.15) is 11.1 Å². The summed E-state index contributed by atoms with van der Waals surface area (Å²) in [6, 6.07) is 0. The van der Waals surface area contributed by atoms with E-state index in [1.54, 1.807) is 6.20 Å². The molecule has 0 bridgehead atoms. The highest BCUT2D eigenvalue weighted by Gasteiger charge is 1.99. The van der Waals surface area contributed by atoms with Gasteiger partial charge in [0.25, 0.3) is 0 Å². The van der Waals surface area contributed by atoms with Gasteiger partial charge in [-0.2, -0.15) is 0 Å². The van der Waals surface area contributed by atoms with E-state index in [1.165, 1.54) is 6.20 Å². The molecule has 1 aromatic rings. The Morgan fingerprint density at radius 2 is 2.30 bits per heavy atom. The standard InChI is InChI=1S/C8H7NO/c1-3-7-6(2)4-9-5-8(7)10/h1,4-5,10H,2H3. The molecule has 1 aromatic heterocycles. The summed E-state index contributed by atoms with van der Waals surface area (Å²) in [5.41, 5.74) is 1.34. The molecule has 10 heavy (non-hydrogen) atoms. The van der Waals surface area contributed by atoms with E-state index in [1.807, 2.05) is 6.92 Å². The molecule has 0 amide bonds. The van der Waals surface area contributed by atoms with Gasteiger partial charge in [-0.15, -0.1) is 6.42 Å². The van der Waals surface area contributed by atoms with Gasteiger partial charge in [-0.25, -0.2) is 0 Å². The quantitative estimate of drug-likeness (QED) is 0.537. The first-order valence-corrected chi connectivity index (χ1v) is 2.86. The van der Waals surface area contributed by atoms with Crippen molar-refractivity contribution < 1.29 is 5.11 Å². The Balaban J connectivity index is 3.34. The van der Waals surface area contributed by atoms with E-state index < -0.39 is 0 Å². The summed E-state index contributed by atoms with van der Waals surface area (Å²) in [4.78, 5) is 3.75. The molecule has 1 heterocycles. The van der Waals surface area contributed by atoms with Gasteiger partial charge < -0.3 is 5.11 Å². The van der Waals surface area contributed by atoms with Gasteiger partial charge >= 0.3 is 0 Å². The zero-order valence-electron chi connectivity index (χ0n) is 5.63. The molecular weight excluding hydrogens is 126 g/mol. The molecule has 0 aromatic carbocycles. The molecule has 0 saturated carbocycles. The molecule has 0 radical (unpaired) electrons. The predicted octanol–water partition coefficient (Wildman–Crippen LogP) is 1.08. The van der Waals surface area contributed by atoms with Crippen molar-refractivity contribution in [3.8, 4) is 18.1 Å². The van der Waals surface area contributed by atoms with Crippen LogP contribution in [0.3, 0.4) is 0 Å². The molecule has 1 rings (SSSR count). The third-order valence-corrected chi connectivity index (χ3v) is 1.26. The maximum Gasteiger partial charge on any atom is 0.149 e. The van der Waals surface area contributed by atoms with Crippen LogP contribution in [0.15, 0.2) is 12.4 Å². The first-order valence-electron chi connectivity index (χ1n) is 2.86. The maximum atomic E-state index is 9.09. The third kappa shape index (κ3) is 0.939. The second-order valence-corrected chi connectivity index (χ2v) is 1.99. The molecule has 2 nitrogen and oxygen atoms in total. The van der Waals surface area contributed by atoms with E-state index >= 15 is 0 Å². The Hall–Kier alpha value is -1.49. The van der Waals surface area contributed by atoms with Gasteiger partial charge in [0.2, 0.25) is 0 Å². The second kappa shape index (κ2) is 2.40. The molecule has 2 heteroatoms. The van der Waals surface area contributed by atoms with Crippen molar-refractivity contribution in [3.05, 3.63) is 23.5 Å². The Kier molecular flexibility index (Phi) is 1.59. The van der Waals surface area contributed by atoms with Gasteiger partial charge in [0.1, 0.15) is 5.75 Å². The molecule has 0 spiro atoms. The Morgan fingerprint density at radius 1 is 1.60 bits per heavy atom. The van der Waals surface area contributed by atoms with Crippen molar-refractivity contribution in [2.45, 2.75) is 6.92 Å². The molecular formula is C8H7NO. The lowest BCUT2D eigenvalue weighted by atomic mass is 10.1. The highest BCUT2D eigenvalue weighted by Crippen LogP contribution is 2.16. The number of nitrogens with zero attached hydrogens (tertiary/aromatic N) is 1. The van der Waals surface area contributed by atoms with Crippen LogP contribution in [0.4, 0.5) is 0 Å². The lowest BCUT2D eigenvalue weighted by Gasteiger charge is -1.97. The smallest absolute Gasteiger partial charge is 0.149 e. The van der Waals surface area contributed by atoms with Crippen LogP contribution in [0.25, 0.3) is 0 Å². The molecule has 0 unspecified atom stereocenters. The second-order valence-electron chi connectivity index (χ2n) is 1.99. The van der Waals surface area contributed by atoms with Crippen molar-refractivity contribution in [1.29, 1.82) is 0 Å². The van der Waals surface area contributed by atoms with Crippen LogP contribution >= 0.6 is 0 Å². The van der Waals surface area contributed by atoms with Crippen LogP contribution in [0.2, 0.25) is 0 Å². The zero-order valence-corrected chi connectivity index (χ0v) is 5.63. The van der Waals surface area contributed by atoms with Crippen molar-refractivity contribution in [2.75, 3.05) is 0 Å². The average Bonchev–Trinajstić information content (AvgIpc) is 1.88. The van der Waals surface area contributed by atoms with Crippen LogP contribution in [-0.4, -0.2) is 10.1 Å². The van der Waals surface area contributed by atoms with E-state index in [2.05, 4.69) is 10.9 Å². The van der Waals surface area contributed by atoms with Crippen LogP contribution in [0.5, 0.6) is 5.75 Å². The Bertz CT molecular complexity index is 266. The normalized spacial score (nSPS) is 8.80. The lowest BCUT2D eigenvalue weighted by molar-refractivity contribution is 0.470. The van der Waals surface area contributed by atoms with Crippen molar-refractivity contribution >= 4 is 0 Å². The molecule has 1 N–H and O–H groups in total. The summed E-state index contributed by atoms with van der Waals surface area (Å²) < 4.78 is 0. The number of aromatic nitrogens is 1. The van der Waals surface area contributed by atoms with Crippen molar-refractivity contribution in [3.63, 3.8) is 0 Å². The molecule has 0 atom stereocenters. The summed E-state index contributed by atoms with van der Waals surface area (Å²) in [5, 5.41) is 9.09. The van der Waals surface area contributed by atoms with Crippen LogP contribution in [0, 0.1) is 19.3 Å². The van der Waals surface area contributed by atoms with E-state index in [-0.39, 0.29) is 5.75 Å². The summed E-state index contributed by atoms with van der Waals surface area (Å²) in [6.45, 7) is 1.81. The SMILES string of the molecule is C#Cc1c(C)cncc1O. The number of rotatable bonds is 0. The molecule has 0 aliphatic rings. The fourth-order valence-corrected chi connectivity index (χ4v) is 0.739. The first kappa shape index (κ1) is 6.63. The molecule has 0 saturated heterocycles. The number of terminal acetylenes is 1. The maximum absolute atomic E-state index is 9.09. The zero-order chi connectivity index (χ0) is 7.56. The monoisotopic (exact) mass is 133 g/mol. The first-order chi connectivity index (χ1) is 4.75. The largest absolute Gasteiger partial charge is 0.505 e. The van der Waals surface area contributed by atoms with E-state index in [4.69, 9.17) is 11.5 Å². The highest BCUT2D eigenvalue weighted by molar-refractivity contribution is 5.46. The summed E-state index contributed by atoms with van der Waals surface area (Å²) in [7, 11) is 0. The number of aromatic hydroxyl groups is 1. The van der Waals surface area contributed by atoms with Gasteiger partial charge in [0.05, 0.1) is 11.8 Å². The van der Waals surface area contributed by atoms with Gasteiger partial charge in [0, 0.05) is 6.20 Å². The van der Waals surface area contributed by atoms with Gasteiger partial charge in [-0.1, -0.05) is 5.92 Å². The average molecular weight is 133 g/mol. The van der Waals surface area contributed by atoms with E-state index in [0.29, 0.717) is 5.56 Å². The third-order valence-electron chi connectivity index (χ3n) is 1.26. The Morgan fingerprint density at radius 3 is 2.70 bits per heavy atom. The molecule has 0 aliphatic heterocycles. The van der Waals surface area contributed by atoms with Crippen molar-refractivity contribution in [2.24, 2.45) is 0 Å². The van der Waals surface area contributed by atoms with E-state index in [0.717, 1.165) is 5.56 Å². The summed E-state index contributed by atoms with van der Waals surface area (Å²) in [6.07, 6.45) is 8.07. The molecule has 0 aliphatic carbocycles. The van der Waals surface area contributed by atoms with E-state index in [9.17, 15) is 0 Å². The summed E-state index contributed by atoms with van der Waals surface area (Å²) in [5.74, 6) is 2.45. The van der Waals surface area contributed by atoms with Gasteiger partial charge in [0.15, 0.2) is 0 Å². The lowest BCUT2D eigenvalue weighted by Crippen LogP contribution is -1.83. The molecule has 50 valence electrons. The highest BCUT2D eigenvalue weighted by atomic mass is 16.3. The summed E-state index contributed by atoms with van der Waals surface area (Å²) >= 11 is 0. The fraction of sp³-hybridized carbons (Fsp3) is 0.125. The Labute approximate surface area is 59.5 Å². The minimum atomic E-state index is 0.0718. The van der Waals surface area contributed by atoms with Crippen molar-refractivity contribution in [1.82, 2.24) is 4.98 Å². The minimum absolute atomic E-state index is 0.0718. The number of hydrogen-bond acceptors (Lipinski definition) is 2.